The maximum absolute atomic E-state index is 10.7. The fraction of sp³-hybridized carbons (Fsp3) is 0.769. The zero-order chi connectivity index (χ0) is 14.0. The van der Waals surface area contributed by atoms with Crippen LogP contribution >= 0.6 is 0 Å². The summed E-state index contributed by atoms with van der Waals surface area (Å²) in [7, 11) is 0. The van der Waals surface area contributed by atoms with Crippen molar-refractivity contribution in [1.29, 1.82) is 0 Å². The Morgan fingerprint density at radius 1 is 1.22 bits per heavy atom. The molecule has 0 radical (unpaired) electrons. The van der Waals surface area contributed by atoms with Crippen LogP contribution in [-0.2, 0) is 17.6 Å². The SMILES string of the molecule is CC(C)(C)Cc1noc(CC(C)(C)CC(=O)O)n1. The van der Waals surface area contributed by atoms with E-state index in [-0.39, 0.29) is 17.3 Å². The lowest BCUT2D eigenvalue weighted by Gasteiger charge is -2.19. The summed E-state index contributed by atoms with van der Waals surface area (Å²) in [6.45, 7) is 10.1. The van der Waals surface area contributed by atoms with E-state index < -0.39 is 5.97 Å². The first kappa shape index (κ1) is 14.7. The highest BCUT2D eigenvalue weighted by Crippen LogP contribution is 2.26. The number of carboxylic acids is 1. The Balaban J connectivity index is 2.66. The van der Waals surface area contributed by atoms with E-state index in [0.29, 0.717) is 18.1 Å². The number of rotatable bonds is 5. The molecule has 0 aliphatic rings. The quantitative estimate of drug-likeness (QED) is 0.874. The number of hydrogen-bond donors (Lipinski definition) is 1. The monoisotopic (exact) mass is 254 g/mol. The number of nitrogens with zero attached hydrogens (tertiary/aromatic N) is 2. The highest BCUT2D eigenvalue weighted by atomic mass is 16.5. The minimum atomic E-state index is -0.811. The molecule has 0 saturated carbocycles. The van der Waals surface area contributed by atoms with Crippen LogP contribution in [-0.4, -0.2) is 21.2 Å². The van der Waals surface area contributed by atoms with Gasteiger partial charge in [-0.15, -0.1) is 0 Å². The lowest BCUT2D eigenvalue weighted by atomic mass is 9.86. The summed E-state index contributed by atoms with van der Waals surface area (Å²) in [6.07, 6.45) is 1.32. The van der Waals surface area contributed by atoms with Crippen molar-refractivity contribution in [2.24, 2.45) is 10.8 Å². The Bertz CT molecular complexity index is 416. The van der Waals surface area contributed by atoms with Gasteiger partial charge in [-0.05, 0) is 10.8 Å². The molecule has 102 valence electrons. The van der Waals surface area contributed by atoms with E-state index >= 15 is 0 Å². The van der Waals surface area contributed by atoms with Crippen molar-refractivity contribution in [3.8, 4) is 0 Å². The van der Waals surface area contributed by atoms with E-state index in [2.05, 4.69) is 30.9 Å². The first-order chi connectivity index (χ1) is 8.07. The van der Waals surface area contributed by atoms with E-state index in [1.165, 1.54) is 0 Å². The molecule has 1 aromatic heterocycles. The minimum absolute atomic E-state index is 0.0873. The topological polar surface area (TPSA) is 76.2 Å². The third kappa shape index (κ3) is 5.29. The molecule has 18 heavy (non-hydrogen) atoms. The number of carbonyl (C=O) groups is 1. The van der Waals surface area contributed by atoms with E-state index in [1.54, 1.807) is 0 Å². The van der Waals surface area contributed by atoms with Crippen molar-refractivity contribution < 1.29 is 14.4 Å². The Kier molecular flexibility index (Phi) is 4.14. The van der Waals surface area contributed by atoms with E-state index in [1.807, 2.05) is 13.8 Å². The van der Waals surface area contributed by atoms with Crippen LogP contribution in [0, 0.1) is 10.8 Å². The molecule has 0 aliphatic carbocycles. The van der Waals surface area contributed by atoms with Crippen LogP contribution in [0.25, 0.3) is 0 Å². The summed E-state index contributed by atoms with van der Waals surface area (Å²) in [5, 5.41) is 12.7. The molecule has 0 atom stereocenters. The molecule has 1 N–H and O–H groups in total. The zero-order valence-electron chi connectivity index (χ0n) is 11.8. The van der Waals surface area contributed by atoms with Gasteiger partial charge < -0.3 is 9.63 Å². The summed E-state index contributed by atoms with van der Waals surface area (Å²) >= 11 is 0. The number of aromatic nitrogens is 2. The molecule has 0 amide bonds. The van der Waals surface area contributed by atoms with Gasteiger partial charge in [-0.1, -0.05) is 39.8 Å². The van der Waals surface area contributed by atoms with Gasteiger partial charge in [0.15, 0.2) is 5.82 Å². The normalized spacial score (nSPS) is 12.7. The average Bonchev–Trinajstić information content (AvgIpc) is 2.44. The molecule has 0 saturated heterocycles. The lowest BCUT2D eigenvalue weighted by molar-refractivity contribution is -0.139. The molecule has 1 aromatic rings. The Hall–Kier alpha value is -1.39. The van der Waals surface area contributed by atoms with Crippen molar-refractivity contribution in [1.82, 2.24) is 10.1 Å². The van der Waals surface area contributed by atoms with Crippen molar-refractivity contribution in [3.63, 3.8) is 0 Å². The number of aliphatic carboxylic acids is 1. The van der Waals surface area contributed by atoms with Crippen LogP contribution in [0.4, 0.5) is 0 Å². The Morgan fingerprint density at radius 3 is 2.33 bits per heavy atom. The predicted molar refractivity (Wildman–Crippen MR) is 67.2 cm³/mol. The smallest absolute Gasteiger partial charge is 0.303 e. The molecule has 0 bridgehead atoms. The second kappa shape index (κ2) is 5.08. The van der Waals surface area contributed by atoms with Gasteiger partial charge in [0, 0.05) is 12.8 Å². The third-order valence-electron chi connectivity index (χ3n) is 2.46. The lowest BCUT2D eigenvalue weighted by Crippen LogP contribution is -2.20. The number of carboxylic acid groups (broad SMARTS) is 1. The van der Waals surface area contributed by atoms with Crippen molar-refractivity contribution in [2.45, 2.75) is 53.9 Å². The first-order valence-electron chi connectivity index (χ1n) is 6.11. The maximum atomic E-state index is 10.7. The van der Waals surface area contributed by atoms with Crippen LogP contribution < -0.4 is 0 Å². The van der Waals surface area contributed by atoms with Crippen LogP contribution in [0.5, 0.6) is 0 Å². The van der Waals surface area contributed by atoms with Crippen LogP contribution in [0.2, 0.25) is 0 Å². The van der Waals surface area contributed by atoms with Gasteiger partial charge in [0.2, 0.25) is 5.89 Å². The van der Waals surface area contributed by atoms with Crippen LogP contribution in [0.3, 0.4) is 0 Å². The Labute approximate surface area is 108 Å². The molecule has 0 aromatic carbocycles. The fourth-order valence-electron chi connectivity index (χ4n) is 1.79. The summed E-state index contributed by atoms with van der Waals surface area (Å²) in [6, 6.07) is 0. The van der Waals surface area contributed by atoms with Gasteiger partial charge in [0.1, 0.15) is 0 Å². The highest BCUT2D eigenvalue weighted by Gasteiger charge is 2.26. The molecule has 0 unspecified atom stereocenters. The molecule has 5 heteroatoms. The molecule has 1 heterocycles. The predicted octanol–water partition coefficient (Wildman–Crippen LogP) is 2.70. The van der Waals surface area contributed by atoms with Gasteiger partial charge in [0.25, 0.3) is 0 Å². The summed E-state index contributed by atoms with van der Waals surface area (Å²) in [5.41, 5.74) is -0.269. The first-order valence-corrected chi connectivity index (χ1v) is 6.11. The average molecular weight is 254 g/mol. The standard InChI is InChI=1S/C13H22N2O3/c1-12(2,3)6-9-14-10(18-15-9)7-13(4,5)8-11(16)17/h6-8H2,1-5H3,(H,16,17). The summed E-state index contributed by atoms with van der Waals surface area (Å²) in [5.74, 6) is 0.388. The highest BCUT2D eigenvalue weighted by molar-refractivity contribution is 5.67. The number of hydrogen-bond acceptors (Lipinski definition) is 4. The minimum Gasteiger partial charge on any atom is -0.481 e. The Morgan fingerprint density at radius 2 is 1.83 bits per heavy atom. The van der Waals surface area contributed by atoms with Gasteiger partial charge in [-0.25, -0.2) is 0 Å². The molecular weight excluding hydrogens is 232 g/mol. The summed E-state index contributed by atoms with van der Waals surface area (Å²) in [4.78, 5) is 15.0. The second-order valence-electron chi connectivity index (χ2n) is 6.75. The molecule has 1 rings (SSSR count). The molecular formula is C13H22N2O3. The fourth-order valence-corrected chi connectivity index (χ4v) is 1.79. The molecule has 0 fully saturated rings. The molecule has 0 aliphatic heterocycles. The van der Waals surface area contributed by atoms with E-state index in [4.69, 9.17) is 9.63 Å². The molecule has 5 nitrogen and oxygen atoms in total. The van der Waals surface area contributed by atoms with Crippen molar-refractivity contribution >= 4 is 5.97 Å². The van der Waals surface area contributed by atoms with Crippen molar-refractivity contribution in [2.75, 3.05) is 0 Å². The zero-order valence-corrected chi connectivity index (χ0v) is 11.8. The van der Waals surface area contributed by atoms with Gasteiger partial charge in [-0.2, -0.15) is 4.98 Å². The van der Waals surface area contributed by atoms with E-state index in [9.17, 15) is 4.79 Å². The maximum Gasteiger partial charge on any atom is 0.303 e. The van der Waals surface area contributed by atoms with E-state index in [0.717, 1.165) is 6.42 Å². The third-order valence-corrected chi connectivity index (χ3v) is 2.46. The van der Waals surface area contributed by atoms with Gasteiger partial charge in [0.05, 0.1) is 6.42 Å². The second-order valence-corrected chi connectivity index (χ2v) is 6.75. The van der Waals surface area contributed by atoms with Crippen LogP contribution in [0.15, 0.2) is 4.52 Å². The van der Waals surface area contributed by atoms with Gasteiger partial charge >= 0.3 is 5.97 Å². The van der Waals surface area contributed by atoms with Crippen molar-refractivity contribution in [3.05, 3.63) is 11.7 Å². The summed E-state index contributed by atoms with van der Waals surface area (Å²) < 4.78 is 5.17. The van der Waals surface area contributed by atoms with Gasteiger partial charge in [-0.3, -0.25) is 4.79 Å². The van der Waals surface area contributed by atoms with Crippen LogP contribution in [0.1, 0.15) is 52.8 Å². The molecule has 0 spiro atoms. The largest absolute Gasteiger partial charge is 0.481 e.